The van der Waals surface area contributed by atoms with Crippen LogP contribution in [0.1, 0.15) is 98.8 Å². The number of rotatable bonds is 4. The molecule has 0 aliphatic heterocycles. The zero-order chi connectivity index (χ0) is 20.1. The fourth-order valence-electron chi connectivity index (χ4n) is 7.57. The second-order valence-corrected chi connectivity index (χ2v) is 11.3. The topological polar surface area (TPSA) is 20.2 Å². The van der Waals surface area contributed by atoms with Gasteiger partial charge in [0.15, 0.2) is 0 Å². The molecule has 0 aromatic carbocycles. The molecule has 28 heavy (non-hydrogen) atoms. The van der Waals surface area contributed by atoms with Crippen molar-refractivity contribution in [3.8, 4) is 0 Å². The second-order valence-electron chi connectivity index (χ2n) is 11.3. The molecule has 0 unspecified atom stereocenters. The van der Waals surface area contributed by atoms with Crippen molar-refractivity contribution in [2.75, 3.05) is 0 Å². The molecule has 0 saturated heterocycles. The van der Waals surface area contributed by atoms with Gasteiger partial charge in [-0.25, -0.2) is 0 Å². The van der Waals surface area contributed by atoms with E-state index in [0.717, 1.165) is 24.7 Å². The van der Waals surface area contributed by atoms with E-state index in [4.69, 9.17) is 0 Å². The van der Waals surface area contributed by atoms with Crippen LogP contribution in [-0.2, 0) is 0 Å². The van der Waals surface area contributed by atoms with Gasteiger partial charge >= 0.3 is 0 Å². The van der Waals surface area contributed by atoms with Crippen molar-refractivity contribution >= 4 is 0 Å². The van der Waals surface area contributed by atoms with Crippen molar-refractivity contribution in [1.29, 1.82) is 0 Å². The monoisotopic (exact) mass is 385 g/mol. The molecular formula is C27H42O. The highest BCUT2D eigenvalue weighted by Crippen LogP contribution is 2.64. The van der Waals surface area contributed by atoms with Gasteiger partial charge in [0.05, 0.1) is 6.10 Å². The van der Waals surface area contributed by atoms with Crippen LogP contribution in [0.15, 0.2) is 34.4 Å². The first-order chi connectivity index (χ1) is 13.3. The van der Waals surface area contributed by atoms with E-state index in [1.54, 1.807) is 16.7 Å². The third-order valence-electron chi connectivity index (χ3n) is 9.34. The van der Waals surface area contributed by atoms with E-state index in [2.05, 4.69) is 46.8 Å². The van der Waals surface area contributed by atoms with E-state index in [-0.39, 0.29) is 6.10 Å². The van der Waals surface area contributed by atoms with Crippen molar-refractivity contribution in [2.24, 2.45) is 28.6 Å². The van der Waals surface area contributed by atoms with Crippen molar-refractivity contribution < 1.29 is 5.11 Å². The highest BCUT2D eigenvalue weighted by molar-refractivity contribution is 5.49. The summed E-state index contributed by atoms with van der Waals surface area (Å²) in [5.74, 6) is 2.33. The first kappa shape index (κ1) is 20.5. The minimum atomic E-state index is -0.0502. The molecule has 4 rings (SSSR count). The summed E-state index contributed by atoms with van der Waals surface area (Å²) in [5.41, 5.74) is 7.54. The third-order valence-corrected chi connectivity index (χ3v) is 9.34. The highest BCUT2D eigenvalue weighted by atomic mass is 16.3. The minimum Gasteiger partial charge on any atom is -0.393 e. The van der Waals surface area contributed by atoms with E-state index in [1.807, 2.05) is 0 Å². The number of aliphatic hydroxyl groups is 1. The molecule has 4 aliphatic rings. The summed E-state index contributed by atoms with van der Waals surface area (Å²) in [5, 5.41) is 10.2. The standard InChI is InChI=1S/C27H42O/c1-18(2)7-6-8-19(3)23-11-12-24-22-10-9-20-17-21(28)13-15-26(20,4)25(22)14-16-27(23,24)5/h7,12,19-21,23,28H,6,8-11,13-17H2,1-5H3/t19-,20+,21+,23-,26+,27-/m1/s1/i1+1,2+1,18+1. The maximum Gasteiger partial charge on any atom is 0.0543 e. The number of fused-ring (bicyclic) bond motifs is 4. The van der Waals surface area contributed by atoms with E-state index >= 15 is 0 Å². The van der Waals surface area contributed by atoms with Gasteiger partial charge in [-0.05, 0) is 118 Å². The predicted molar refractivity (Wildman–Crippen MR) is 119 cm³/mol. The Morgan fingerprint density at radius 1 is 1.18 bits per heavy atom. The molecule has 0 radical (unpaired) electrons. The van der Waals surface area contributed by atoms with Gasteiger partial charge in [-0.3, -0.25) is 0 Å². The summed E-state index contributed by atoms with van der Waals surface area (Å²) < 4.78 is 0. The molecule has 1 N–H and O–H groups in total. The lowest BCUT2D eigenvalue weighted by Gasteiger charge is -2.54. The zero-order valence-electron chi connectivity index (χ0n) is 19.0. The van der Waals surface area contributed by atoms with Crippen LogP contribution >= 0.6 is 0 Å². The SMILES string of the molecule is C[C@H](CCC=[13C]([13CH3])[13CH3])[C@H]1CC=C2C3=C(CC[C@@]21C)[C@@]1(C)CC[C@H](O)C[C@@H]1CC3. The molecular weight excluding hydrogens is 343 g/mol. The second kappa shape index (κ2) is 7.46. The number of aliphatic hydroxyl groups excluding tert-OH is 1. The Balaban J connectivity index is 1.56. The fraction of sp³-hybridized carbons (Fsp3) is 0.778. The van der Waals surface area contributed by atoms with Gasteiger partial charge < -0.3 is 5.11 Å². The molecule has 4 aliphatic carbocycles. The molecule has 0 heterocycles. The lowest BCUT2D eigenvalue weighted by molar-refractivity contribution is 0.0225. The van der Waals surface area contributed by atoms with E-state index in [9.17, 15) is 5.11 Å². The average molecular weight is 386 g/mol. The Morgan fingerprint density at radius 2 is 1.96 bits per heavy atom. The van der Waals surface area contributed by atoms with Gasteiger partial charge in [-0.1, -0.05) is 44.1 Å². The Kier molecular flexibility index (Phi) is 5.45. The van der Waals surface area contributed by atoms with Gasteiger partial charge in [-0.15, -0.1) is 0 Å². The Bertz CT molecular complexity index is 706. The lowest BCUT2D eigenvalue weighted by atomic mass is 9.51. The third kappa shape index (κ3) is 3.26. The molecule has 0 aromatic heterocycles. The lowest BCUT2D eigenvalue weighted by Crippen LogP contribution is -2.44. The molecule has 1 fully saturated rings. The molecule has 0 spiro atoms. The first-order valence-electron chi connectivity index (χ1n) is 12.0. The van der Waals surface area contributed by atoms with Crippen LogP contribution in [0.3, 0.4) is 0 Å². The average Bonchev–Trinajstić information content (AvgIpc) is 2.99. The molecule has 0 aromatic rings. The van der Waals surface area contributed by atoms with Crippen LogP contribution in [0.4, 0.5) is 0 Å². The fourth-order valence-corrected chi connectivity index (χ4v) is 7.57. The summed E-state index contributed by atoms with van der Waals surface area (Å²) in [6.07, 6.45) is 17.3. The van der Waals surface area contributed by atoms with Gasteiger partial charge in [0.1, 0.15) is 0 Å². The maximum absolute atomic E-state index is 10.2. The van der Waals surface area contributed by atoms with Gasteiger partial charge in [0, 0.05) is 0 Å². The summed E-state index contributed by atoms with van der Waals surface area (Å²) in [7, 11) is 0. The van der Waals surface area contributed by atoms with Crippen LogP contribution < -0.4 is 0 Å². The Morgan fingerprint density at radius 3 is 2.71 bits per heavy atom. The number of hydrogen-bond donors (Lipinski definition) is 1. The number of allylic oxidation sites excluding steroid dienone is 6. The molecule has 6 atom stereocenters. The minimum absolute atomic E-state index is 0.0502. The summed E-state index contributed by atoms with van der Waals surface area (Å²) >= 11 is 0. The summed E-state index contributed by atoms with van der Waals surface area (Å²) in [4.78, 5) is 0. The normalized spacial score (nSPS) is 40.9. The highest BCUT2D eigenvalue weighted by Gasteiger charge is 2.52. The number of hydrogen-bond acceptors (Lipinski definition) is 1. The Labute approximate surface area is 173 Å². The molecule has 0 amide bonds. The molecule has 1 heteroatoms. The summed E-state index contributed by atoms with van der Waals surface area (Å²) in [6, 6.07) is 0. The predicted octanol–water partition coefficient (Wildman–Crippen LogP) is 7.37. The van der Waals surface area contributed by atoms with Crippen molar-refractivity contribution in [1.82, 2.24) is 0 Å². The largest absolute Gasteiger partial charge is 0.393 e. The van der Waals surface area contributed by atoms with Crippen LogP contribution in [0, 0.1) is 28.6 Å². The van der Waals surface area contributed by atoms with E-state index in [0.29, 0.717) is 16.7 Å². The zero-order valence-corrected chi connectivity index (χ0v) is 19.0. The van der Waals surface area contributed by atoms with Crippen LogP contribution in [0.2, 0.25) is 0 Å². The van der Waals surface area contributed by atoms with Gasteiger partial charge in [0.2, 0.25) is 0 Å². The molecule has 0 bridgehead atoms. The van der Waals surface area contributed by atoms with Crippen LogP contribution in [-0.4, -0.2) is 11.2 Å². The van der Waals surface area contributed by atoms with Gasteiger partial charge in [-0.2, -0.15) is 0 Å². The molecule has 1 nitrogen and oxygen atoms in total. The summed E-state index contributed by atoms with van der Waals surface area (Å²) in [6.45, 7) is 12.1. The van der Waals surface area contributed by atoms with Crippen LogP contribution in [0.25, 0.3) is 0 Å². The van der Waals surface area contributed by atoms with Crippen molar-refractivity contribution in [2.45, 2.75) is 105 Å². The van der Waals surface area contributed by atoms with Crippen LogP contribution in [0.5, 0.6) is 0 Å². The van der Waals surface area contributed by atoms with Crippen molar-refractivity contribution in [3.63, 3.8) is 0 Å². The molecule has 156 valence electrons. The maximum atomic E-state index is 10.2. The van der Waals surface area contributed by atoms with E-state index < -0.39 is 0 Å². The smallest absolute Gasteiger partial charge is 0.0543 e. The van der Waals surface area contributed by atoms with Gasteiger partial charge in [0.25, 0.3) is 0 Å². The van der Waals surface area contributed by atoms with Crippen molar-refractivity contribution in [3.05, 3.63) is 34.4 Å². The van der Waals surface area contributed by atoms with E-state index in [1.165, 1.54) is 56.9 Å². The first-order valence-corrected chi connectivity index (χ1v) is 12.0. The molecule has 1 saturated carbocycles. The Hall–Kier alpha value is -0.820. The quantitative estimate of drug-likeness (QED) is 0.395.